The Hall–Kier alpha value is -0.00208. The Labute approximate surface area is 142 Å². The minimum absolute atomic E-state index is 0.532. The van der Waals surface area contributed by atoms with Gasteiger partial charge in [-0.2, -0.15) is 0 Å². The van der Waals surface area contributed by atoms with E-state index in [-0.39, 0.29) is 0 Å². The van der Waals surface area contributed by atoms with Crippen molar-refractivity contribution in [3.05, 3.63) is 58.4 Å². The van der Waals surface area contributed by atoms with Gasteiger partial charge in [0.05, 0.1) is 0 Å². The second-order valence-corrected chi connectivity index (χ2v) is 12.8. The van der Waals surface area contributed by atoms with Crippen molar-refractivity contribution in [3.63, 3.8) is 0 Å². The Kier molecular flexibility index (Phi) is 4.10. The van der Waals surface area contributed by atoms with Crippen molar-refractivity contribution < 1.29 is 0 Å². The van der Waals surface area contributed by atoms with Crippen LogP contribution >= 0.6 is 0 Å². The molecule has 4 heterocycles. The van der Waals surface area contributed by atoms with E-state index in [9.17, 15) is 0 Å². The second kappa shape index (κ2) is 6.01. The summed E-state index contributed by atoms with van der Waals surface area (Å²) in [6.45, 7) is 0. The molecule has 0 saturated heterocycles. The fourth-order valence-electron chi connectivity index (χ4n) is 2.04. The first kappa shape index (κ1) is 13.6. The topological polar surface area (TPSA) is 0 Å². The summed E-state index contributed by atoms with van der Waals surface area (Å²) < 4.78 is 9.62. The van der Waals surface area contributed by atoms with E-state index in [1.807, 2.05) is 0 Å². The van der Waals surface area contributed by atoms with Crippen molar-refractivity contribution in [1.82, 2.24) is 0 Å². The van der Waals surface area contributed by atoms with Crippen LogP contribution in [0.4, 0.5) is 0 Å². The van der Waals surface area contributed by atoms with Gasteiger partial charge in [-0.3, -0.25) is 0 Å². The van der Waals surface area contributed by atoms with E-state index in [0.717, 1.165) is 0 Å². The van der Waals surface area contributed by atoms with Crippen molar-refractivity contribution in [3.8, 4) is 26.6 Å². The predicted octanol–water partition coefficient (Wildman–Crippen LogP) is 2.92. The second-order valence-electron chi connectivity index (χ2n) is 4.28. The van der Waals surface area contributed by atoms with Crippen LogP contribution in [0.3, 0.4) is 0 Å². The molecule has 0 spiro atoms. The number of rotatable bonds is 3. The Morgan fingerprint density at radius 3 is 1.20 bits per heavy atom. The first-order valence-electron chi connectivity index (χ1n) is 6.18. The van der Waals surface area contributed by atoms with Crippen molar-refractivity contribution in [2.45, 2.75) is 0 Å². The van der Waals surface area contributed by atoms with Crippen molar-refractivity contribution >= 4 is 58.0 Å². The Bertz CT molecular complexity index is 730. The minimum atomic E-state index is 0.532. The molecule has 0 aliphatic carbocycles. The fourth-order valence-corrected chi connectivity index (χ4v) is 11.2. The summed E-state index contributed by atoms with van der Waals surface area (Å²) in [4.78, 5) is 4.63. The summed E-state index contributed by atoms with van der Waals surface area (Å²) in [7, 11) is 0. The number of hydrogen-bond donors (Lipinski definition) is 0. The summed E-state index contributed by atoms with van der Waals surface area (Å²) >= 11 is 2.23. The van der Waals surface area contributed by atoms with Crippen LogP contribution < -0.4 is 0 Å². The Morgan fingerprint density at radius 1 is 0.450 bits per heavy atom. The van der Waals surface area contributed by atoms with Gasteiger partial charge < -0.3 is 0 Å². The normalized spacial score (nSPS) is 11.0. The van der Waals surface area contributed by atoms with Crippen LogP contribution in [0.5, 0.6) is 0 Å². The van der Waals surface area contributed by atoms with Gasteiger partial charge in [0.1, 0.15) is 0 Å². The van der Waals surface area contributed by atoms with E-state index in [1.54, 1.807) is 26.6 Å². The van der Waals surface area contributed by atoms with Crippen molar-refractivity contribution in [2.75, 3.05) is 0 Å². The van der Waals surface area contributed by atoms with E-state index < -0.39 is 0 Å². The van der Waals surface area contributed by atoms with Gasteiger partial charge in [-0.15, -0.1) is 0 Å². The van der Waals surface area contributed by atoms with Gasteiger partial charge in [0.2, 0.25) is 0 Å². The number of hydrogen-bond acceptors (Lipinski definition) is 0. The zero-order valence-corrected chi connectivity index (χ0v) is 17.3. The van der Waals surface area contributed by atoms with Gasteiger partial charge >= 0.3 is 143 Å². The molecule has 0 radical (unpaired) electrons. The molecule has 0 saturated carbocycles. The monoisotopic (exact) mass is 522 g/mol. The molecule has 98 valence electrons. The third-order valence-corrected chi connectivity index (χ3v) is 13.6. The zero-order chi connectivity index (χ0) is 13.4. The van der Waals surface area contributed by atoms with Crippen LogP contribution in [0.15, 0.2) is 58.4 Å². The Morgan fingerprint density at radius 2 is 0.850 bits per heavy atom. The average molecular weight is 518 g/mol. The van der Waals surface area contributed by atoms with Crippen LogP contribution in [0.1, 0.15) is 0 Å². The van der Waals surface area contributed by atoms with Gasteiger partial charge in [-0.25, -0.2) is 0 Å². The summed E-state index contributed by atoms with van der Waals surface area (Å²) in [6.07, 6.45) is 0. The molecule has 0 atom stereocenters. The Balaban J connectivity index is 1.68. The summed E-state index contributed by atoms with van der Waals surface area (Å²) in [5, 5.41) is 0. The van der Waals surface area contributed by atoms with Crippen LogP contribution in [0, 0.1) is 0 Å². The molecule has 4 aromatic heterocycles. The van der Waals surface area contributed by atoms with Gasteiger partial charge in [0.15, 0.2) is 0 Å². The van der Waals surface area contributed by atoms with E-state index in [0.29, 0.717) is 58.0 Å². The van der Waals surface area contributed by atoms with Crippen molar-refractivity contribution in [1.29, 1.82) is 0 Å². The zero-order valence-electron chi connectivity index (χ0n) is 10.4. The summed E-state index contributed by atoms with van der Waals surface area (Å²) in [5.74, 6) is 0. The third-order valence-electron chi connectivity index (χ3n) is 2.98. The maximum atomic E-state index is 2.38. The SMILES string of the molecule is c1c[se]c(-c2ccc(-c3ccc(-c4ccc[se]4)[se]3)[se]2)c1. The molecule has 0 aliphatic rings. The summed E-state index contributed by atoms with van der Waals surface area (Å²) in [6, 6.07) is 18.5. The van der Waals surface area contributed by atoms with E-state index >= 15 is 0 Å². The van der Waals surface area contributed by atoms with Gasteiger partial charge in [-0.1, -0.05) is 0 Å². The standard InChI is InChI=1S/C16H10Se4/c1-3-11(17-9-1)13-5-7-15(19-13)16-8-6-14(20-16)12-4-2-10-18-12/h1-10H. The molecule has 0 bridgehead atoms. The first-order chi connectivity index (χ1) is 9.90. The maximum absolute atomic E-state index is 2.38. The molecular weight excluding hydrogens is 508 g/mol. The van der Waals surface area contributed by atoms with Crippen LogP contribution in [-0.2, 0) is 0 Å². The molecule has 0 N–H and O–H groups in total. The van der Waals surface area contributed by atoms with Crippen LogP contribution in [-0.4, -0.2) is 58.0 Å². The first-order valence-corrected chi connectivity index (χ1v) is 13.3. The van der Waals surface area contributed by atoms with E-state index in [1.165, 1.54) is 0 Å². The molecule has 0 nitrogen and oxygen atoms in total. The fraction of sp³-hybridized carbons (Fsp3) is 0. The molecule has 0 aromatic carbocycles. The van der Waals surface area contributed by atoms with Gasteiger partial charge in [0, 0.05) is 0 Å². The van der Waals surface area contributed by atoms with E-state index in [2.05, 4.69) is 58.4 Å². The third kappa shape index (κ3) is 2.69. The van der Waals surface area contributed by atoms with Crippen LogP contribution in [0.25, 0.3) is 26.6 Å². The quantitative estimate of drug-likeness (QED) is 0.367. The molecule has 4 rings (SSSR count). The molecule has 20 heavy (non-hydrogen) atoms. The molecule has 0 unspecified atom stereocenters. The van der Waals surface area contributed by atoms with Crippen molar-refractivity contribution in [2.24, 2.45) is 0 Å². The predicted molar refractivity (Wildman–Crippen MR) is 90.5 cm³/mol. The molecule has 0 fully saturated rings. The van der Waals surface area contributed by atoms with E-state index in [4.69, 9.17) is 0 Å². The molecule has 0 amide bonds. The van der Waals surface area contributed by atoms with Gasteiger partial charge in [-0.05, 0) is 0 Å². The molecular formula is C16H10Se4. The summed E-state index contributed by atoms with van der Waals surface area (Å²) in [5.41, 5.74) is 0. The molecule has 4 aromatic rings. The molecule has 0 aliphatic heterocycles. The molecule has 4 heteroatoms. The van der Waals surface area contributed by atoms with Gasteiger partial charge in [0.25, 0.3) is 0 Å². The van der Waals surface area contributed by atoms with Crippen LogP contribution in [0.2, 0.25) is 0 Å². The average Bonchev–Trinajstić information content (AvgIpc) is 3.22.